The Labute approximate surface area is 95.8 Å². The summed E-state index contributed by atoms with van der Waals surface area (Å²) in [7, 11) is 0. The zero-order chi connectivity index (χ0) is 11.1. The minimum absolute atomic E-state index is 0.111. The van der Waals surface area contributed by atoms with E-state index in [0.29, 0.717) is 10.0 Å². The summed E-state index contributed by atoms with van der Waals surface area (Å²) in [5.41, 5.74) is 0.390. The number of halogens is 1. The van der Waals surface area contributed by atoms with Gasteiger partial charge in [0.05, 0.1) is 10.3 Å². The predicted molar refractivity (Wildman–Crippen MR) is 60.5 cm³/mol. The van der Waals surface area contributed by atoms with Gasteiger partial charge in [0.2, 0.25) is 0 Å². The van der Waals surface area contributed by atoms with Crippen LogP contribution < -0.4 is 0 Å². The van der Waals surface area contributed by atoms with Crippen LogP contribution in [0.4, 0.5) is 5.69 Å². The average molecular weight is 266 g/mol. The Morgan fingerprint density at radius 2 is 2.20 bits per heavy atom. The van der Waals surface area contributed by atoms with E-state index in [1.807, 2.05) is 0 Å². The number of benzene rings is 1. The first-order chi connectivity index (χ1) is 7.09. The average Bonchev–Trinajstić information content (AvgIpc) is 2.98. The lowest BCUT2D eigenvalue weighted by Crippen LogP contribution is -2.06. The smallest absolute Gasteiger partial charge is 0.258 e. The van der Waals surface area contributed by atoms with Gasteiger partial charge in [-0.3, -0.25) is 10.1 Å². The van der Waals surface area contributed by atoms with Crippen molar-refractivity contribution in [2.75, 3.05) is 0 Å². The van der Waals surface area contributed by atoms with Gasteiger partial charge in [0.25, 0.3) is 5.69 Å². The van der Waals surface area contributed by atoms with Crippen molar-refractivity contribution in [2.24, 2.45) is 0 Å². The molecule has 1 aliphatic carbocycles. The van der Waals surface area contributed by atoms with Crippen LogP contribution in [0.3, 0.4) is 0 Å². The SMILES string of the molecule is C#CC1(c2ccc(Br)cc2[N+](=O)[O-])CC1. The lowest BCUT2D eigenvalue weighted by atomic mass is 9.95. The number of rotatable bonds is 2. The molecule has 0 aromatic heterocycles. The fourth-order valence-corrected chi connectivity index (χ4v) is 2.03. The van der Waals surface area contributed by atoms with Crippen molar-refractivity contribution in [1.82, 2.24) is 0 Å². The topological polar surface area (TPSA) is 43.1 Å². The number of hydrogen-bond acceptors (Lipinski definition) is 2. The highest BCUT2D eigenvalue weighted by Crippen LogP contribution is 2.50. The van der Waals surface area contributed by atoms with E-state index in [0.717, 1.165) is 12.8 Å². The fourth-order valence-electron chi connectivity index (χ4n) is 1.68. The first-order valence-electron chi connectivity index (χ1n) is 4.51. The fraction of sp³-hybridized carbons (Fsp3) is 0.273. The largest absolute Gasteiger partial charge is 0.275 e. The van der Waals surface area contributed by atoms with E-state index in [1.54, 1.807) is 12.1 Å². The number of nitro benzene ring substituents is 1. The molecule has 1 aliphatic rings. The maximum Gasteiger partial charge on any atom is 0.275 e. The van der Waals surface area contributed by atoms with Crippen LogP contribution in [0, 0.1) is 22.5 Å². The van der Waals surface area contributed by atoms with Gasteiger partial charge in [-0.25, -0.2) is 0 Å². The molecule has 1 aromatic carbocycles. The zero-order valence-electron chi connectivity index (χ0n) is 7.87. The number of hydrogen-bond donors (Lipinski definition) is 0. The monoisotopic (exact) mass is 265 g/mol. The van der Waals surface area contributed by atoms with Crippen LogP contribution in [0.25, 0.3) is 0 Å². The van der Waals surface area contributed by atoms with Crippen molar-refractivity contribution < 1.29 is 4.92 Å². The summed E-state index contributed by atoms with van der Waals surface area (Å²) in [6.07, 6.45) is 7.10. The molecule has 0 spiro atoms. The molecule has 3 nitrogen and oxygen atoms in total. The van der Waals surface area contributed by atoms with Gasteiger partial charge in [-0.1, -0.05) is 21.9 Å². The van der Waals surface area contributed by atoms with E-state index in [9.17, 15) is 10.1 Å². The van der Waals surface area contributed by atoms with Gasteiger partial charge in [-0.2, -0.15) is 0 Å². The standard InChI is InChI=1S/C11H8BrNO2/c1-2-11(5-6-11)9-4-3-8(12)7-10(9)13(14)15/h1,3-4,7H,5-6H2. The minimum atomic E-state index is -0.386. The highest BCUT2D eigenvalue weighted by molar-refractivity contribution is 9.10. The van der Waals surface area contributed by atoms with Gasteiger partial charge in [0, 0.05) is 16.1 Å². The number of nitro groups is 1. The number of terminal acetylenes is 1. The molecule has 0 aliphatic heterocycles. The van der Waals surface area contributed by atoms with Crippen LogP contribution in [0.15, 0.2) is 22.7 Å². The maximum absolute atomic E-state index is 10.9. The molecular formula is C11H8BrNO2. The van der Waals surface area contributed by atoms with E-state index < -0.39 is 0 Å². The molecule has 76 valence electrons. The van der Waals surface area contributed by atoms with Gasteiger partial charge >= 0.3 is 0 Å². The Balaban J connectivity index is 2.57. The van der Waals surface area contributed by atoms with Crippen molar-refractivity contribution in [2.45, 2.75) is 18.3 Å². The molecular weight excluding hydrogens is 258 g/mol. The molecule has 0 atom stereocenters. The molecule has 0 unspecified atom stereocenters. The van der Waals surface area contributed by atoms with Gasteiger partial charge < -0.3 is 0 Å². The third kappa shape index (κ3) is 1.64. The summed E-state index contributed by atoms with van der Waals surface area (Å²) < 4.78 is 0.700. The van der Waals surface area contributed by atoms with E-state index >= 15 is 0 Å². The first kappa shape index (κ1) is 10.2. The van der Waals surface area contributed by atoms with Crippen LogP contribution >= 0.6 is 15.9 Å². The molecule has 0 bridgehead atoms. The molecule has 15 heavy (non-hydrogen) atoms. The van der Waals surface area contributed by atoms with Gasteiger partial charge in [-0.15, -0.1) is 6.42 Å². The van der Waals surface area contributed by atoms with E-state index in [2.05, 4.69) is 21.9 Å². The zero-order valence-corrected chi connectivity index (χ0v) is 9.45. The molecule has 0 N–H and O–H groups in total. The third-order valence-corrected chi connectivity index (χ3v) is 3.19. The van der Waals surface area contributed by atoms with Crippen molar-refractivity contribution in [3.8, 4) is 12.3 Å². The normalized spacial score (nSPS) is 16.8. The Morgan fingerprint density at radius 1 is 1.53 bits per heavy atom. The van der Waals surface area contributed by atoms with Gasteiger partial charge in [-0.05, 0) is 25.0 Å². The summed E-state index contributed by atoms with van der Waals surface area (Å²) in [5, 5.41) is 10.9. The summed E-state index contributed by atoms with van der Waals surface area (Å²) in [6.45, 7) is 0. The molecule has 4 heteroatoms. The second-order valence-electron chi connectivity index (χ2n) is 3.65. The molecule has 0 heterocycles. The van der Waals surface area contributed by atoms with Crippen LogP contribution in [-0.4, -0.2) is 4.92 Å². The van der Waals surface area contributed by atoms with Crippen LogP contribution in [0.1, 0.15) is 18.4 Å². The van der Waals surface area contributed by atoms with Crippen molar-refractivity contribution in [3.63, 3.8) is 0 Å². The summed E-state index contributed by atoms with van der Waals surface area (Å²) in [5.74, 6) is 2.66. The summed E-state index contributed by atoms with van der Waals surface area (Å²) in [4.78, 5) is 10.5. The van der Waals surface area contributed by atoms with Crippen molar-refractivity contribution in [3.05, 3.63) is 38.3 Å². The second-order valence-corrected chi connectivity index (χ2v) is 4.56. The Hall–Kier alpha value is -1.34. The van der Waals surface area contributed by atoms with Gasteiger partial charge in [0.15, 0.2) is 0 Å². The van der Waals surface area contributed by atoms with E-state index in [4.69, 9.17) is 6.42 Å². The van der Waals surface area contributed by atoms with Crippen LogP contribution in [0.2, 0.25) is 0 Å². The van der Waals surface area contributed by atoms with E-state index in [1.165, 1.54) is 6.07 Å². The first-order valence-corrected chi connectivity index (χ1v) is 5.30. The predicted octanol–water partition coefficient (Wildman–Crippen LogP) is 3.02. The Morgan fingerprint density at radius 3 is 2.67 bits per heavy atom. The van der Waals surface area contributed by atoms with Gasteiger partial charge in [0.1, 0.15) is 0 Å². The quantitative estimate of drug-likeness (QED) is 0.469. The summed E-state index contributed by atoms with van der Waals surface area (Å²) >= 11 is 3.22. The molecule has 0 radical (unpaired) electrons. The molecule has 0 saturated heterocycles. The Kier molecular flexibility index (Phi) is 2.28. The molecule has 1 aromatic rings. The molecule has 0 amide bonds. The second kappa shape index (κ2) is 3.35. The van der Waals surface area contributed by atoms with Crippen LogP contribution in [-0.2, 0) is 5.41 Å². The third-order valence-electron chi connectivity index (χ3n) is 2.70. The van der Waals surface area contributed by atoms with Crippen molar-refractivity contribution >= 4 is 21.6 Å². The van der Waals surface area contributed by atoms with Crippen LogP contribution in [0.5, 0.6) is 0 Å². The highest BCUT2D eigenvalue weighted by atomic mass is 79.9. The molecule has 1 fully saturated rings. The lowest BCUT2D eigenvalue weighted by Gasteiger charge is -2.08. The summed E-state index contributed by atoms with van der Waals surface area (Å²) in [6, 6.07) is 5.04. The van der Waals surface area contributed by atoms with Crippen molar-refractivity contribution in [1.29, 1.82) is 0 Å². The minimum Gasteiger partial charge on any atom is -0.258 e. The Bertz CT molecular complexity index is 472. The number of nitrogens with zero attached hydrogens (tertiary/aromatic N) is 1. The molecule has 2 rings (SSSR count). The maximum atomic E-state index is 10.9. The highest BCUT2D eigenvalue weighted by Gasteiger charge is 2.46. The molecule has 1 saturated carbocycles. The van der Waals surface area contributed by atoms with E-state index in [-0.39, 0.29) is 16.0 Å². The lowest BCUT2D eigenvalue weighted by molar-refractivity contribution is -0.385.